The minimum absolute atomic E-state index is 0.0779. The Bertz CT molecular complexity index is 1260. The maximum atomic E-state index is 12.5. The molecule has 30 heavy (non-hydrogen) atoms. The van der Waals surface area contributed by atoms with Gasteiger partial charge in [0.25, 0.3) is 5.56 Å². The smallest absolute Gasteiger partial charge is 0.259 e. The summed E-state index contributed by atoms with van der Waals surface area (Å²) in [6, 6.07) is 0. The molecule has 0 saturated heterocycles. The third-order valence-electron chi connectivity index (χ3n) is 4.29. The van der Waals surface area contributed by atoms with Crippen LogP contribution in [0.5, 0.6) is 0 Å². The van der Waals surface area contributed by atoms with E-state index in [9.17, 15) is 18.0 Å². The van der Waals surface area contributed by atoms with Crippen molar-refractivity contribution < 1.29 is 13.2 Å². The first-order chi connectivity index (χ1) is 14.3. The lowest BCUT2D eigenvalue weighted by atomic mass is 9.97. The molecule has 0 unspecified atom stereocenters. The Morgan fingerprint density at radius 3 is 2.77 bits per heavy atom. The zero-order valence-corrected chi connectivity index (χ0v) is 19.1. The molecule has 4 rings (SSSR count). The summed E-state index contributed by atoms with van der Waals surface area (Å²) in [5.74, 6) is 0.742. The van der Waals surface area contributed by atoms with E-state index in [4.69, 9.17) is 0 Å². The van der Waals surface area contributed by atoms with Gasteiger partial charge in [-0.1, -0.05) is 11.3 Å². The summed E-state index contributed by atoms with van der Waals surface area (Å²) >= 11 is 3.82. The SMILES string of the molecule is CS(=O)(=O)Nc1nnc(NC(=O)CSCc2nc3sc4c(c3c(=O)[nH]2)CCCC4)s1. The average Bonchev–Trinajstić information content (AvgIpc) is 3.24. The number of nitrogens with one attached hydrogen (secondary N) is 3. The Balaban J connectivity index is 1.34. The van der Waals surface area contributed by atoms with E-state index in [1.807, 2.05) is 0 Å². The number of carbonyl (C=O) groups excluding carboxylic acids is 1. The van der Waals surface area contributed by atoms with Crippen LogP contribution in [0.3, 0.4) is 0 Å². The van der Waals surface area contributed by atoms with E-state index in [0.717, 1.165) is 59.1 Å². The lowest BCUT2D eigenvalue weighted by Gasteiger charge is -2.09. The molecule has 0 radical (unpaired) electrons. The van der Waals surface area contributed by atoms with Crippen molar-refractivity contribution >= 4 is 70.8 Å². The highest BCUT2D eigenvalue weighted by atomic mass is 32.2. The summed E-state index contributed by atoms with van der Waals surface area (Å²) in [5, 5.41) is 10.9. The molecule has 1 aliphatic rings. The van der Waals surface area contributed by atoms with Gasteiger partial charge in [0.15, 0.2) is 0 Å². The number of thioether (sulfide) groups is 1. The number of anilines is 2. The van der Waals surface area contributed by atoms with Crippen LogP contribution in [-0.2, 0) is 33.4 Å². The highest BCUT2D eigenvalue weighted by Gasteiger charge is 2.20. The molecule has 0 bridgehead atoms. The number of nitrogens with zero attached hydrogens (tertiary/aromatic N) is 3. The van der Waals surface area contributed by atoms with Gasteiger partial charge in [0.05, 0.1) is 23.1 Å². The number of fused-ring (bicyclic) bond motifs is 3. The monoisotopic (exact) mass is 486 g/mol. The Labute approximate surface area is 184 Å². The minimum Gasteiger partial charge on any atom is -0.309 e. The summed E-state index contributed by atoms with van der Waals surface area (Å²) in [4.78, 5) is 34.1. The molecule has 14 heteroatoms. The molecule has 160 valence electrons. The lowest BCUT2D eigenvalue weighted by Crippen LogP contribution is -2.15. The van der Waals surface area contributed by atoms with E-state index in [0.29, 0.717) is 11.6 Å². The molecule has 0 aliphatic heterocycles. The lowest BCUT2D eigenvalue weighted by molar-refractivity contribution is -0.113. The van der Waals surface area contributed by atoms with Gasteiger partial charge < -0.3 is 4.98 Å². The zero-order valence-electron chi connectivity index (χ0n) is 15.9. The van der Waals surface area contributed by atoms with Crippen LogP contribution in [0.1, 0.15) is 29.1 Å². The molecule has 10 nitrogen and oxygen atoms in total. The van der Waals surface area contributed by atoms with Gasteiger partial charge in [-0.05, 0) is 31.2 Å². The van der Waals surface area contributed by atoms with Gasteiger partial charge in [-0.2, -0.15) is 0 Å². The number of aromatic amines is 1. The first-order valence-corrected chi connectivity index (χ1v) is 13.7. The minimum atomic E-state index is -3.45. The quantitative estimate of drug-likeness (QED) is 0.459. The second-order valence-corrected chi connectivity index (χ2v) is 11.5. The van der Waals surface area contributed by atoms with Crippen LogP contribution in [-0.4, -0.2) is 46.5 Å². The molecule has 1 amide bonds. The predicted molar refractivity (Wildman–Crippen MR) is 120 cm³/mol. The molecule has 1 aliphatic carbocycles. The van der Waals surface area contributed by atoms with Crippen LogP contribution in [0.4, 0.5) is 10.3 Å². The number of hydrogen-bond acceptors (Lipinski definition) is 10. The van der Waals surface area contributed by atoms with E-state index < -0.39 is 10.0 Å². The fourth-order valence-corrected chi connectivity index (χ4v) is 6.61. The van der Waals surface area contributed by atoms with Crippen LogP contribution in [0.25, 0.3) is 10.2 Å². The van der Waals surface area contributed by atoms with Crippen molar-refractivity contribution in [3.8, 4) is 0 Å². The molecule has 3 N–H and O–H groups in total. The molecular formula is C16H18N6O4S4. The van der Waals surface area contributed by atoms with Gasteiger partial charge in [-0.25, -0.2) is 13.4 Å². The van der Waals surface area contributed by atoms with Crippen LogP contribution >= 0.6 is 34.4 Å². The summed E-state index contributed by atoms with van der Waals surface area (Å²) in [7, 11) is -3.45. The first-order valence-electron chi connectivity index (χ1n) is 9.01. The Hall–Kier alpha value is -2.03. The number of amides is 1. The summed E-state index contributed by atoms with van der Waals surface area (Å²) in [5.41, 5.74) is 1.04. The summed E-state index contributed by atoms with van der Waals surface area (Å²) in [6.45, 7) is 0. The number of carbonyl (C=O) groups is 1. The van der Waals surface area contributed by atoms with Crippen LogP contribution in [0.2, 0.25) is 0 Å². The Morgan fingerprint density at radius 2 is 1.97 bits per heavy atom. The van der Waals surface area contributed by atoms with E-state index in [1.54, 1.807) is 11.3 Å². The fourth-order valence-electron chi connectivity index (χ4n) is 3.15. The van der Waals surface area contributed by atoms with Crippen LogP contribution in [0, 0.1) is 0 Å². The topological polar surface area (TPSA) is 147 Å². The molecular weight excluding hydrogens is 468 g/mol. The van der Waals surface area contributed by atoms with E-state index in [1.165, 1.54) is 16.6 Å². The van der Waals surface area contributed by atoms with E-state index >= 15 is 0 Å². The molecule has 0 fully saturated rings. The Kier molecular flexibility index (Phi) is 6.09. The molecule has 0 atom stereocenters. The van der Waals surface area contributed by atoms with Gasteiger partial charge >= 0.3 is 0 Å². The van der Waals surface area contributed by atoms with Crippen molar-refractivity contribution in [2.75, 3.05) is 22.0 Å². The standard InChI is InChI=1S/C16H18N6O4S4/c1-30(25,26)22-16-21-20-15(29-16)19-11(23)7-27-6-10-17-13(24)12-8-4-2-3-5-9(8)28-14(12)18-10/h2-7H2,1H3,(H,21,22)(H,17,18,24)(H,19,20,23). The van der Waals surface area contributed by atoms with Crippen molar-refractivity contribution in [1.82, 2.24) is 20.2 Å². The number of hydrogen-bond donors (Lipinski definition) is 3. The van der Waals surface area contributed by atoms with E-state index in [2.05, 4.69) is 30.2 Å². The second-order valence-electron chi connectivity index (χ2n) is 6.73. The van der Waals surface area contributed by atoms with Gasteiger partial charge in [0, 0.05) is 4.88 Å². The third kappa shape index (κ3) is 4.99. The third-order valence-corrected chi connectivity index (χ3v) is 7.87. The number of H-pyrrole nitrogens is 1. The van der Waals surface area contributed by atoms with E-state index in [-0.39, 0.29) is 27.5 Å². The van der Waals surface area contributed by atoms with Crippen molar-refractivity contribution in [3.05, 3.63) is 26.6 Å². The van der Waals surface area contributed by atoms with Gasteiger partial charge in [-0.15, -0.1) is 33.3 Å². The highest BCUT2D eigenvalue weighted by molar-refractivity contribution is 7.99. The highest BCUT2D eigenvalue weighted by Crippen LogP contribution is 2.33. The van der Waals surface area contributed by atoms with Gasteiger partial charge in [0.1, 0.15) is 10.7 Å². The first kappa shape index (κ1) is 21.2. The van der Waals surface area contributed by atoms with Crippen LogP contribution < -0.4 is 15.6 Å². The second kappa shape index (κ2) is 8.61. The van der Waals surface area contributed by atoms with Crippen molar-refractivity contribution in [2.24, 2.45) is 0 Å². The molecule has 3 aromatic rings. The summed E-state index contributed by atoms with van der Waals surface area (Å²) < 4.78 is 24.6. The number of sulfonamides is 1. The maximum absolute atomic E-state index is 12.5. The maximum Gasteiger partial charge on any atom is 0.259 e. The van der Waals surface area contributed by atoms with Gasteiger partial charge in [0.2, 0.25) is 26.2 Å². The molecule has 3 aromatic heterocycles. The number of aryl methyl sites for hydroxylation is 2. The van der Waals surface area contributed by atoms with Gasteiger partial charge in [-0.3, -0.25) is 19.6 Å². The van der Waals surface area contributed by atoms with Crippen molar-refractivity contribution in [1.29, 1.82) is 0 Å². The summed E-state index contributed by atoms with van der Waals surface area (Å²) in [6.07, 6.45) is 5.19. The average molecular weight is 487 g/mol. The largest absolute Gasteiger partial charge is 0.309 e. The van der Waals surface area contributed by atoms with Crippen LogP contribution in [0.15, 0.2) is 4.79 Å². The zero-order chi connectivity index (χ0) is 21.3. The Morgan fingerprint density at radius 1 is 1.20 bits per heavy atom. The molecule has 0 aromatic carbocycles. The normalized spacial score (nSPS) is 13.9. The molecule has 0 saturated carbocycles. The number of aromatic nitrogens is 4. The molecule has 0 spiro atoms. The fraction of sp³-hybridized carbons (Fsp3) is 0.438. The molecule has 3 heterocycles. The predicted octanol–water partition coefficient (Wildman–Crippen LogP) is 1.96. The van der Waals surface area contributed by atoms with Crippen molar-refractivity contribution in [3.63, 3.8) is 0 Å². The van der Waals surface area contributed by atoms with Crippen molar-refractivity contribution in [2.45, 2.75) is 31.4 Å². The number of rotatable bonds is 7. The number of thiophene rings is 1.